The van der Waals surface area contributed by atoms with E-state index < -0.39 is 5.72 Å². The number of rotatable bonds is 3. The Balaban J connectivity index is 2.84. The molecule has 0 saturated heterocycles. The first-order chi connectivity index (χ1) is 6.43. The highest BCUT2D eigenvalue weighted by Crippen LogP contribution is 2.21. The summed E-state index contributed by atoms with van der Waals surface area (Å²) < 4.78 is 6.32. The molecular formula is C9H14IN3O. The van der Waals surface area contributed by atoms with Gasteiger partial charge in [-0.15, -0.1) is 0 Å². The Morgan fingerprint density at radius 3 is 2.50 bits per heavy atom. The molecule has 0 bridgehead atoms. The molecule has 1 aromatic heterocycles. The Kier molecular flexibility index (Phi) is 3.65. The van der Waals surface area contributed by atoms with Crippen LogP contribution in [0.1, 0.15) is 20.8 Å². The fourth-order valence-electron chi connectivity index (χ4n) is 0.703. The molecular weight excluding hydrogens is 293 g/mol. The third kappa shape index (κ3) is 2.78. The quantitative estimate of drug-likeness (QED) is 0.683. The number of ether oxygens (including phenoxy) is 1. The second kappa shape index (κ2) is 4.39. The van der Waals surface area contributed by atoms with Crippen LogP contribution in [0.25, 0.3) is 0 Å². The molecule has 14 heavy (non-hydrogen) atoms. The lowest BCUT2D eigenvalue weighted by Gasteiger charge is -2.29. The molecule has 0 aliphatic carbocycles. The second-order valence-corrected chi connectivity index (χ2v) is 4.61. The van der Waals surface area contributed by atoms with Crippen molar-refractivity contribution in [3.63, 3.8) is 0 Å². The van der Waals surface area contributed by atoms with Gasteiger partial charge >= 0.3 is 0 Å². The molecule has 0 aliphatic heterocycles. The molecule has 1 atom stereocenters. The maximum Gasteiger partial charge on any atom is 0.248 e. The van der Waals surface area contributed by atoms with E-state index in [-0.39, 0.29) is 5.92 Å². The van der Waals surface area contributed by atoms with E-state index in [2.05, 4.69) is 32.6 Å². The first kappa shape index (κ1) is 11.6. The molecule has 0 aliphatic rings. The van der Waals surface area contributed by atoms with Gasteiger partial charge in [0, 0.05) is 18.3 Å². The smallest absolute Gasteiger partial charge is 0.248 e. The van der Waals surface area contributed by atoms with E-state index in [0.717, 1.165) is 3.70 Å². The van der Waals surface area contributed by atoms with Gasteiger partial charge in [-0.05, 0) is 29.5 Å². The number of aromatic nitrogens is 2. The zero-order valence-corrected chi connectivity index (χ0v) is 10.6. The van der Waals surface area contributed by atoms with Crippen LogP contribution in [0.3, 0.4) is 0 Å². The van der Waals surface area contributed by atoms with E-state index in [1.807, 2.05) is 20.8 Å². The molecule has 0 amide bonds. The summed E-state index contributed by atoms with van der Waals surface area (Å²) in [6.07, 6.45) is 3.21. The summed E-state index contributed by atoms with van der Waals surface area (Å²) in [5, 5.41) is 0. The Hall–Kier alpha value is -0.430. The van der Waals surface area contributed by atoms with E-state index >= 15 is 0 Å². The zero-order valence-electron chi connectivity index (χ0n) is 8.49. The molecule has 0 aromatic carbocycles. The molecule has 1 aromatic rings. The fraction of sp³-hybridized carbons (Fsp3) is 0.556. The summed E-state index contributed by atoms with van der Waals surface area (Å²) in [6, 6.07) is 0. The van der Waals surface area contributed by atoms with E-state index in [0.29, 0.717) is 5.88 Å². The van der Waals surface area contributed by atoms with Gasteiger partial charge in [0.05, 0.1) is 0 Å². The highest BCUT2D eigenvalue weighted by Gasteiger charge is 2.26. The predicted molar refractivity (Wildman–Crippen MR) is 62.8 cm³/mol. The molecule has 2 N–H and O–H groups in total. The molecule has 4 nitrogen and oxygen atoms in total. The average molecular weight is 307 g/mol. The number of hydrogen-bond acceptors (Lipinski definition) is 4. The van der Waals surface area contributed by atoms with Crippen LogP contribution in [-0.4, -0.2) is 15.7 Å². The van der Waals surface area contributed by atoms with Gasteiger partial charge < -0.3 is 4.74 Å². The van der Waals surface area contributed by atoms with Crippen LogP contribution < -0.4 is 10.5 Å². The van der Waals surface area contributed by atoms with Crippen LogP contribution in [0.4, 0.5) is 0 Å². The van der Waals surface area contributed by atoms with Crippen molar-refractivity contribution in [2.75, 3.05) is 0 Å². The van der Waals surface area contributed by atoms with Crippen LogP contribution >= 0.6 is 22.6 Å². The summed E-state index contributed by atoms with van der Waals surface area (Å²) in [5.41, 5.74) is 5.25. The maximum absolute atomic E-state index is 5.97. The van der Waals surface area contributed by atoms with E-state index in [1.165, 1.54) is 0 Å². The van der Waals surface area contributed by atoms with Crippen molar-refractivity contribution >= 4 is 22.6 Å². The van der Waals surface area contributed by atoms with Crippen molar-refractivity contribution in [1.82, 2.24) is 9.97 Å². The van der Waals surface area contributed by atoms with Gasteiger partial charge in [0.1, 0.15) is 0 Å². The maximum atomic E-state index is 5.97. The van der Waals surface area contributed by atoms with Crippen LogP contribution in [0.5, 0.6) is 5.88 Å². The summed E-state index contributed by atoms with van der Waals surface area (Å²) in [6.45, 7) is 5.84. The number of nitrogens with two attached hydrogens (primary N) is 1. The molecule has 0 radical (unpaired) electrons. The van der Waals surface area contributed by atoms with Gasteiger partial charge in [-0.1, -0.05) is 13.8 Å². The first-order valence-electron chi connectivity index (χ1n) is 4.38. The highest BCUT2D eigenvalue weighted by molar-refractivity contribution is 14.1. The molecule has 0 spiro atoms. The monoisotopic (exact) mass is 307 g/mol. The minimum absolute atomic E-state index is 0.209. The minimum atomic E-state index is -0.712. The molecule has 5 heteroatoms. The molecule has 1 rings (SSSR count). The average Bonchev–Trinajstić information content (AvgIpc) is 2.08. The van der Waals surface area contributed by atoms with Crippen LogP contribution in [0, 0.1) is 9.62 Å². The Morgan fingerprint density at radius 2 is 2.00 bits per heavy atom. The van der Waals surface area contributed by atoms with Gasteiger partial charge in [0.2, 0.25) is 5.88 Å². The number of halogens is 1. The van der Waals surface area contributed by atoms with E-state index in [1.54, 1.807) is 12.4 Å². The van der Waals surface area contributed by atoms with Gasteiger partial charge in [0.15, 0.2) is 9.43 Å². The third-order valence-electron chi connectivity index (χ3n) is 2.09. The Morgan fingerprint density at radius 1 is 1.43 bits per heavy atom. The summed E-state index contributed by atoms with van der Waals surface area (Å²) in [4.78, 5) is 8.14. The first-order valence-corrected chi connectivity index (χ1v) is 5.45. The molecule has 1 unspecified atom stereocenters. The largest absolute Gasteiger partial charge is 0.454 e. The summed E-state index contributed by atoms with van der Waals surface area (Å²) in [5.74, 6) is 0.701. The Labute approximate surface area is 97.4 Å². The molecule has 0 fully saturated rings. The van der Waals surface area contributed by atoms with Gasteiger partial charge in [-0.2, -0.15) is 0 Å². The van der Waals surface area contributed by atoms with Gasteiger partial charge in [0.25, 0.3) is 0 Å². The Bertz CT molecular complexity index is 315. The molecule has 0 saturated carbocycles. The van der Waals surface area contributed by atoms with Crippen LogP contribution in [0.15, 0.2) is 12.4 Å². The summed E-state index contributed by atoms with van der Waals surface area (Å²) >= 11 is 2.07. The standard InChI is InChI=1S/C9H14IN3O/c1-6(2)9(3,11)14-8-7(10)12-4-5-13-8/h4-6H,11H2,1-3H3. The predicted octanol–water partition coefficient (Wildman–Crippen LogP) is 1.79. The van der Waals surface area contributed by atoms with Crippen molar-refractivity contribution in [2.45, 2.75) is 26.5 Å². The lowest BCUT2D eigenvalue weighted by Crippen LogP contribution is -2.47. The van der Waals surface area contributed by atoms with Crippen LogP contribution in [0.2, 0.25) is 0 Å². The minimum Gasteiger partial charge on any atom is -0.454 e. The van der Waals surface area contributed by atoms with Gasteiger partial charge in [-0.3, -0.25) is 5.73 Å². The van der Waals surface area contributed by atoms with Crippen molar-refractivity contribution in [1.29, 1.82) is 0 Å². The second-order valence-electron chi connectivity index (χ2n) is 3.59. The molecule has 1 heterocycles. The lowest BCUT2D eigenvalue weighted by atomic mass is 10.0. The van der Waals surface area contributed by atoms with Crippen molar-refractivity contribution in [3.05, 3.63) is 16.1 Å². The zero-order chi connectivity index (χ0) is 10.8. The molecule has 78 valence electrons. The van der Waals surface area contributed by atoms with Crippen LogP contribution in [-0.2, 0) is 0 Å². The highest BCUT2D eigenvalue weighted by atomic mass is 127. The van der Waals surface area contributed by atoms with Crippen molar-refractivity contribution in [3.8, 4) is 5.88 Å². The third-order valence-corrected chi connectivity index (χ3v) is 2.83. The lowest BCUT2D eigenvalue weighted by molar-refractivity contribution is 0.0410. The van der Waals surface area contributed by atoms with E-state index in [4.69, 9.17) is 10.5 Å². The fourth-order valence-corrected chi connectivity index (χ4v) is 1.11. The summed E-state index contributed by atoms with van der Waals surface area (Å²) in [7, 11) is 0. The topological polar surface area (TPSA) is 61.0 Å². The van der Waals surface area contributed by atoms with Crippen molar-refractivity contribution in [2.24, 2.45) is 11.7 Å². The number of nitrogens with zero attached hydrogens (tertiary/aromatic N) is 2. The van der Waals surface area contributed by atoms with Crippen molar-refractivity contribution < 1.29 is 4.74 Å². The SMILES string of the molecule is CC(C)C(C)(N)Oc1nccnc1I. The normalized spacial score (nSPS) is 15.3. The van der Waals surface area contributed by atoms with Gasteiger partial charge in [-0.25, -0.2) is 9.97 Å². The number of hydrogen-bond donors (Lipinski definition) is 1. The van der Waals surface area contributed by atoms with E-state index in [9.17, 15) is 0 Å².